The van der Waals surface area contributed by atoms with Crippen LogP contribution in [0.2, 0.25) is 5.02 Å². The molecule has 5 nitrogen and oxygen atoms in total. The summed E-state index contributed by atoms with van der Waals surface area (Å²) in [5, 5.41) is 5.77. The second-order valence-corrected chi connectivity index (χ2v) is 4.17. The number of nitrogens with two attached hydrogens (primary N) is 1. The molecule has 0 atom stereocenters. The van der Waals surface area contributed by atoms with E-state index in [0.717, 1.165) is 6.07 Å². The van der Waals surface area contributed by atoms with E-state index in [9.17, 15) is 13.6 Å². The average molecular weight is 287 g/mol. The summed E-state index contributed by atoms with van der Waals surface area (Å²) in [5.41, 5.74) is 5.37. The van der Waals surface area contributed by atoms with Gasteiger partial charge in [0, 0.05) is 13.1 Å². The molecule has 1 aromatic heterocycles. The zero-order valence-corrected chi connectivity index (χ0v) is 10.5. The molecule has 1 amide bonds. The van der Waals surface area contributed by atoms with Gasteiger partial charge < -0.3 is 11.1 Å². The summed E-state index contributed by atoms with van der Waals surface area (Å²) < 4.78 is 27.7. The third-order valence-corrected chi connectivity index (χ3v) is 2.77. The fourth-order valence-electron chi connectivity index (χ4n) is 1.46. The van der Waals surface area contributed by atoms with Crippen LogP contribution in [-0.4, -0.2) is 15.7 Å². The summed E-state index contributed by atoms with van der Waals surface area (Å²) in [6.45, 7) is 0. The van der Waals surface area contributed by atoms with Crippen molar-refractivity contribution in [3.8, 4) is 0 Å². The molecule has 2 rings (SSSR count). The largest absolute Gasteiger partial charge is 0.383 e. The van der Waals surface area contributed by atoms with Crippen molar-refractivity contribution in [1.82, 2.24) is 9.78 Å². The molecule has 0 unspecified atom stereocenters. The minimum Gasteiger partial charge on any atom is -0.383 e. The Labute approximate surface area is 112 Å². The van der Waals surface area contributed by atoms with Crippen molar-refractivity contribution in [2.75, 3.05) is 11.1 Å². The van der Waals surface area contributed by atoms with E-state index >= 15 is 0 Å². The van der Waals surface area contributed by atoms with Crippen LogP contribution in [0.25, 0.3) is 0 Å². The van der Waals surface area contributed by atoms with Gasteiger partial charge in [0.25, 0.3) is 5.91 Å². The zero-order chi connectivity index (χ0) is 14.2. The average Bonchev–Trinajstić information content (AvgIpc) is 2.64. The Bertz CT molecular complexity index is 633. The van der Waals surface area contributed by atoms with Crippen molar-refractivity contribution in [2.24, 2.45) is 7.05 Å². The number of carbonyl (C=O) groups excluding carboxylic acids is 1. The highest BCUT2D eigenvalue weighted by molar-refractivity contribution is 6.34. The third kappa shape index (κ3) is 2.50. The van der Waals surface area contributed by atoms with Gasteiger partial charge in [-0.1, -0.05) is 11.6 Å². The highest BCUT2D eigenvalue weighted by atomic mass is 35.5. The van der Waals surface area contributed by atoms with Crippen molar-refractivity contribution < 1.29 is 13.6 Å². The van der Waals surface area contributed by atoms with E-state index in [4.69, 9.17) is 17.3 Å². The predicted octanol–water partition coefficient (Wildman–Crippen LogP) is 2.19. The maximum absolute atomic E-state index is 13.5. The van der Waals surface area contributed by atoms with Crippen LogP contribution in [0.15, 0.2) is 18.3 Å². The van der Waals surface area contributed by atoms with Gasteiger partial charge in [0.05, 0.1) is 16.9 Å². The number of benzene rings is 1. The molecule has 8 heteroatoms. The molecule has 19 heavy (non-hydrogen) atoms. The third-order valence-electron chi connectivity index (χ3n) is 2.47. The molecular formula is C11H9ClF2N4O. The summed E-state index contributed by atoms with van der Waals surface area (Å²) in [7, 11) is 1.55. The van der Waals surface area contributed by atoms with E-state index in [-0.39, 0.29) is 22.1 Å². The van der Waals surface area contributed by atoms with Crippen molar-refractivity contribution in [2.45, 2.75) is 0 Å². The van der Waals surface area contributed by atoms with Gasteiger partial charge in [0.1, 0.15) is 17.2 Å². The van der Waals surface area contributed by atoms with Crippen LogP contribution >= 0.6 is 11.6 Å². The summed E-state index contributed by atoms with van der Waals surface area (Å²) >= 11 is 5.66. The molecule has 1 heterocycles. The van der Waals surface area contributed by atoms with Crippen molar-refractivity contribution in [3.05, 3.63) is 40.6 Å². The second-order valence-electron chi connectivity index (χ2n) is 3.77. The molecule has 2 aromatic rings. The van der Waals surface area contributed by atoms with Crippen LogP contribution < -0.4 is 11.1 Å². The Balaban J connectivity index is 2.32. The molecule has 0 saturated heterocycles. The van der Waals surface area contributed by atoms with Gasteiger partial charge in [-0.15, -0.1) is 0 Å². The SMILES string of the molecule is Cn1ncc(C(=O)Nc2c(F)cc(F)cc2Cl)c1N. The number of nitrogen functional groups attached to an aromatic ring is 1. The molecule has 0 radical (unpaired) electrons. The van der Waals surface area contributed by atoms with Gasteiger partial charge in [-0.05, 0) is 6.07 Å². The minimum absolute atomic E-state index is 0.0716. The lowest BCUT2D eigenvalue weighted by atomic mass is 10.2. The molecule has 0 aliphatic rings. The Morgan fingerprint density at radius 3 is 2.68 bits per heavy atom. The molecule has 1 aromatic carbocycles. The van der Waals surface area contributed by atoms with Crippen LogP contribution in [0.5, 0.6) is 0 Å². The Kier molecular flexibility index (Phi) is 3.39. The smallest absolute Gasteiger partial charge is 0.261 e. The zero-order valence-electron chi connectivity index (χ0n) is 9.75. The quantitative estimate of drug-likeness (QED) is 0.889. The number of aryl methyl sites for hydroxylation is 1. The number of carbonyl (C=O) groups is 1. The van der Waals surface area contributed by atoms with Crippen LogP contribution in [0.3, 0.4) is 0 Å². The summed E-state index contributed by atoms with van der Waals surface area (Å²) in [4.78, 5) is 11.9. The van der Waals surface area contributed by atoms with E-state index in [1.54, 1.807) is 7.05 Å². The van der Waals surface area contributed by atoms with Gasteiger partial charge in [-0.3, -0.25) is 9.48 Å². The second kappa shape index (κ2) is 4.85. The first-order valence-corrected chi connectivity index (χ1v) is 5.51. The lowest BCUT2D eigenvalue weighted by Crippen LogP contribution is -2.15. The first-order chi connectivity index (χ1) is 8.90. The van der Waals surface area contributed by atoms with E-state index in [0.29, 0.717) is 6.07 Å². The Hall–Kier alpha value is -2.15. The molecule has 0 saturated carbocycles. The molecule has 100 valence electrons. The molecule has 0 fully saturated rings. The number of hydrogen-bond acceptors (Lipinski definition) is 3. The van der Waals surface area contributed by atoms with E-state index in [2.05, 4.69) is 10.4 Å². The van der Waals surface area contributed by atoms with Crippen LogP contribution in [0.1, 0.15) is 10.4 Å². The fourth-order valence-corrected chi connectivity index (χ4v) is 1.71. The van der Waals surface area contributed by atoms with Gasteiger partial charge in [0.15, 0.2) is 5.82 Å². The van der Waals surface area contributed by atoms with E-state index in [1.807, 2.05) is 0 Å². The van der Waals surface area contributed by atoms with Gasteiger partial charge in [-0.25, -0.2) is 8.78 Å². The van der Waals surface area contributed by atoms with Gasteiger partial charge in [0.2, 0.25) is 0 Å². The number of anilines is 2. The number of nitrogens with zero attached hydrogens (tertiary/aromatic N) is 2. The fraction of sp³-hybridized carbons (Fsp3) is 0.0909. The maximum atomic E-state index is 13.5. The van der Waals surface area contributed by atoms with Crippen molar-refractivity contribution >= 4 is 29.0 Å². The number of hydrogen-bond donors (Lipinski definition) is 2. The van der Waals surface area contributed by atoms with E-state index in [1.165, 1.54) is 10.9 Å². The normalized spacial score (nSPS) is 10.5. The minimum atomic E-state index is -0.971. The molecule has 0 aliphatic carbocycles. The number of aromatic nitrogens is 2. The van der Waals surface area contributed by atoms with Gasteiger partial charge in [-0.2, -0.15) is 5.10 Å². The predicted molar refractivity (Wildman–Crippen MR) is 66.9 cm³/mol. The van der Waals surface area contributed by atoms with E-state index < -0.39 is 17.5 Å². The molecular weight excluding hydrogens is 278 g/mol. The van der Waals surface area contributed by atoms with Gasteiger partial charge >= 0.3 is 0 Å². The molecule has 0 aliphatic heterocycles. The van der Waals surface area contributed by atoms with Crippen LogP contribution in [0.4, 0.5) is 20.3 Å². The Morgan fingerprint density at radius 1 is 1.47 bits per heavy atom. The van der Waals surface area contributed by atoms with Crippen molar-refractivity contribution in [1.29, 1.82) is 0 Å². The Morgan fingerprint density at radius 2 is 2.16 bits per heavy atom. The first-order valence-electron chi connectivity index (χ1n) is 5.13. The number of nitrogens with one attached hydrogen (secondary N) is 1. The topological polar surface area (TPSA) is 72.9 Å². The highest BCUT2D eigenvalue weighted by Crippen LogP contribution is 2.27. The lowest BCUT2D eigenvalue weighted by Gasteiger charge is -2.08. The maximum Gasteiger partial charge on any atom is 0.261 e. The number of amides is 1. The van der Waals surface area contributed by atoms with Crippen LogP contribution in [-0.2, 0) is 7.05 Å². The monoisotopic (exact) mass is 286 g/mol. The first kappa shape index (κ1) is 13.3. The molecule has 0 bridgehead atoms. The van der Waals surface area contributed by atoms with Crippen LogP contribution in [0, 0.1) is 11.6 Å². The molecule has 0 spiro atoms. The number of rotatable bonds is 2. The standard InChI is InChI=1S/C11H9ClF2N4O/c1-18-10(15)6(4-16-18)11(19)17-9-7(12)2-5(13)3-8(9)14/h2-4H,15H2,1H3,(H,17,19). The summed E-state index contributed by atoms with van der Waals surface area (Å²) in [6, 6.07) is 1.51. The summed E-state index contributed by atoms with van der Waals surface area (Å²) in [6.07, 6.45) is 1.24. The van der Waals surface area contributed by atoms with Crippen molar-refractivity contribution in [3.63, 3.8) is 0 Å². The lowest BCUT2D eigenvalue weighted by molar-refractivity contribution is 0.102. The molecule has 3 N–H and O–H groups in total. The highest BCUT2D eigenvalue weighted by Gasteiger charge is 2.18. The number of halogens is 3. The summed E-state index contributed by atoms with van der Waals surface area (Å²) in [5.74, 6) is -2.36.